The first-order valence-corrected chi connectivity index (χ1v) is 7.71. The number of hydrogen-bond donors (Lipinski definition) is 1. The fourth-order valence-corrected chi connectivity index (χ4v) is 2.48. The number of pyridine rings is 1. The molecule has 0 aliphatic carbocycles. The third-order valence-corrected chi connectivity index (χ3v) is 3.79. The minimum Gasteiger partial charge on any atom is -0.378 e. The zero-order valence-corrected chi connectivity index (χ0v) is 13.2. The highest BCUT2D eigenvalue weighted by molar-refractivity contribution is 6.04. The molecule has 0 atom stereocenters. The lowest BCUT2D eigenvalue weighted by molar-refractivity contribution is -0.137. The average molecular weight is 351 g/mol. The Hall–Kier alpha value is -2.61. The molecule has 5 nitrogen and oxygen atoms in total. The Morgan fingerprint density at radius 2 is 1.92 bits per heavy atom. The number of aromatic nitrogens is 1. The molecule has 0 unspecified atom stereocenters. The summed E-state index contributed by atoms with van der Waals surface area (Å²) in [4.78, 5) is 18.5. The van der Waals surface area contributed by atoms with Crippen molar-refractivity contribution in [1.82, 2.24) is 4.98 Å². The maximum atomic E-state index is 12.7. The van der Waals surface area contributed by atoms with Gasteiger partial charge in [0.05, 0.1) is 30.7 Å². The maximum Gasteiger partial charge on any atom is 0.416 e. The molecule has 0 spiro atoms. The van der Waals surface area contributed by atoms with Gasteiger partial charge in [-0.25, -0.2) is 4.98 Å². The third-order valence-electron chi connectivity index (χ3n) is 3.79. The van der Waals surface area contributed by atoms with Gasteiger partial charge in [-0.3, -0.25) is 4.79 Å². The van der Waals surface area contributed by atoms with Gasteiger partial charge in [-0.15, -0.1) is 0 Å². The quantitative estimate of drug-likeness (QED) is 0.923. The summed E-state index contributed by atoms with van der Waals surface area (Å²) >= 11 is 0. The van der Waals surface area contributed by atoms with Crippen LogP contribution in [0.1, 0.15) is 15.9 Å². The lowest BCUT2D eigenvalue weighted by Gasteiger charge is -2.27. The number of hydrogen-bond acceptors (Lipinski definition) is 4. The van der Waals surface area contributed by atoms with Gasteiger partial charge in [0.1, 0.15) is 5.82 Å². The van der Waals surface area contributed by atoms with E-state index in [9.17, 15) is 18.0 Å². The van der Waals surface area contributed by atoms with E-state index >= 15 is 0 Å². The molecule has 132 valence electrons. The molecule has 3 rings (SSSR count). The van der Waals surface area contributed by atoms with Gasteiger partial charge in [0.25, 0.3) is 5.91 Å². The van der Waals surface area contributed by atoms with Crippen LogP contribution in [0.15, 0.2) is 42.6 Å². The van der Waals surface area contributed by atoms with Crippen molar-refractivity contribution in [3.05, 3.63) is 53.7 Å². The van der Waals surface area contributed by atoms with Crippen molar-refractivity contribution in [2.75, 3.05) is 36.5 Å². The second-order valence-electron chi connectivity index (χ2n) is 5.54. The van der Waals surface area contributed by atoms with Crippen molar-refractivity contribution in [2.45, 2.75) is 6.18 Å². The lowest BCUT2D eigenvalue weighted by Crippen LogP contribution is -2.36. The van der Waals surface area contributed by atoms with Crippen LogP contribution >= 0.6 is 0 Å². The monoisotopic (exact) mass is 351 g/mol. The lowest BCUT2D eigenvalue weighted by atomic mass is 10.1. The molecule has 0 bridgehead atoms. The Kier molecular flexibility index (Phi) is 4.89. The van der Waals surface area contributed by atoms with Crippen LogP contribution in [-0.2, 0) is 10.9 Å². The van der Waals surface area contributed by atoms with Crippen molar-refractivity contribution in [2.24, 2.45) is 0 Å². The molecular weight excluding hydrogens is 335 g/mol. The Labute approximate surface area is 142 Å². The highest BCUT2D eigenvalue weighted by Crippen LogP contribution is 2.29. The predicted molar refractivity (Wildman–Crippen MR) is 86.7 cm³/mol. The summed E-state index contributed by atoms with van der Waals surface area (Å²) in [6.45, 7) is 2.75. The summed E-state index contributed by atoms with van der Waals surface area (Å²) in [7, 11) is 0. The average Bonchev–Trinajstić information content (AvgIpc) is 2.62. The standard InChI is InChI=1S/C17H16F3N3O2/c18-17(19,20)13-3-1-2-12(10-13)16(24)22-14-4-5-15(21-11-14)23-6-8-25-9-7-23/h1-5,10-11H,6-9H2,(H,22,24). The summed E-state index contributed by atoms with van der Waals surface area (Å²) in [5, 5.41) is 2.56. The van der Waals surface area contributed by atoms with E-state index in [1.165, 1.54) is 18.3 Å². The Morgan fingerprint density at radius 1 is 1.16 bits per heavy atom. The summed E-state index contributed by atoms with van der Waals surface area (Å²) < 4.78 is 43.4. The molecule has 25 heavy (non-hydrogen) atoms. The summed E-state index contributed by atoms with van der Waals surface area (Å²) in [5.41, 5.74) is -0.507. The second-order valence-corrected chi connectivity index (χ2v) is 5.54. The summed E-state index contributed by atoms with van der Waals surface area (Å²) in [6.07, 6.45) is -3.01. The first-order valence-electron chi connectivity index (χ1n) is 7.71. The number of ether oxygens (including phenoxy) is 1. The van der Waals surface area contributed by atoms with Crippen LogP contribution in [0.25, 0.3) is 0 Å². The number of rotatable bonds is 3. The van der Waals surface area contributed by atoms with Gasteiger partial charge in [0, 0.05) is 18.7 Å². The zero-order chi connectivity index (χ0) is 17.9. The van der Waals surface area contributed by atoms with E-state index in [2.05, 4.69) is 15.2 Å². The number of anilines is 2. The molecule has 1 aromatic heterocycles. The fraction of sp³-hybridized carbons (Fsp3) is 0.294. The summed E-state index contributed by atoms with van der Waals surface area (Å²) in [5.74, 6) is 0.146. The Morgan fingerprint density at radius 3 is 2.56 bits per heavy atom. The van der Waals surface area contributed by atoms with Crippen molar-refractivity contribution in [3.63, 3.8) is 0 Å². The van der Waals surface area contributed by atoms with Crippen molar-refractivity contribution in [3.8, 4) is 0 Å². The molecule has 0 saturated carbocycles. The minimum atomic E-state index is -4.49. The molecule has 0 radical (unpaired) electrons. The number of carbonyl (C=O) groups excluding carboxylic acids is 1. The number of halogens is 3. The first-order chi connectivity index (χ1) is 11.9. The van der Waals surface area contributed by atoms with E-state index in [4.69, 9.17) is 4.74 Å². The number of nitrogens with zero attached hydrogens (tertiary/aromatic N) is 2. The molecule has 1 aliphatic heterocycles. The zero-order valence-electron chi connectivity index (χ0n) is 13.2. The third kappa shape index (κ3) is 4.27. The van der Waals surface area contributed by atoms with Crippen molar-refractivity contribution in [1.29, 1.82) is 0 Å². The largest absolute Gasteiger partial charge is 0.416 e. The number of morpholine rings is 1. The molecule has 2 aromatic rings. The van der Waals surface area contributed by atoms with Crippen LogP contribution in [0.5, 0.6) is 0 Å². The number of nitrogens with one attached hydrogen (secondary N) is 1. The van der Waals surface area contributed by atoms with E-state index in [-0.39, 0.29) is 5.56 Å². The number of carbonyl (C=O) groups is 1. The van der Waals surface area contributed by atoms with Gasteiger partial charge < -0.3 is 15.0 Å². The molecule has 8 heteroatoms. The summed E-state index contributed by atoms with van der Waals surface area (Å²) in [6, 6.07) is 7.72. The topological polar surface area (TPSA) is 54.5 Å². The number of alkyl halides is 3. The first kappa shape index (κ1) is 17.2. The molecule has 2 heterocycles. The second kappa shape index (κ2) is 7.10. The molecule has 1 N–H and O–H groups in total. The minimum absolute atomic E-state index is 0.0629. The fourth-order valence-electron chi connectivity index (χ4n) is 2.48. The van der Waals surface area contributed by atoms with E-state index in [1.54, 1.807) is 12.1 Å². The normalized spacial score (nSPS) is 15.1. The molecule has 1 aliphatic rings. The van der Waals surface area contributed by atoms with Crippen LogP contribution in [0, 0.1) is 0 Å². The van der Waals surface area contributed by atoms with Crippen molar-refractivity contribution < 1.29 is 22.7 Å². The molecule has 1 saturated heterocycles. The van der Waals surface area contributed by atoms with Gasteiger partial charge in [-0.2, -0.15) is 13.2 Å². The molecular formula is C17H16F3N3O2. The molecule has 1 amide bonds. The Bertz CT molecular complexity index is 742. The van der Waals surface area contributed by atoms with Gasteiger partial charge >= 0.3 is 6.18 Å². The van der Waals surface area contributed by atoms with Crippen LogP contribution in [0.4, 0.5) is 24.7 Å². The number of amides is 1. The van der Waals surface area contributed by atoms with E-state index < -0.39 is 17.6 Å². The van der Waals surface area contributed by atoms with Crippen LogP contribution in [0.2, 0.25) is 0 Å². The van der Waals surface area contributed by atoms with Gasteiger partial charge in [-0.1, -0.05) is 6.07 Å². The van der Waals surface area contributed by atoms with E-state index in [1.807, 2.05) is 0 Å². The molecule has 1 fully saturated rings. The van der Waals surface area contributed by atoms with Crippen LogP contribution in [0.3, 0.4) is 0 Å². The van der Waals surface area contributed by atoms with Gasteiger partial charge in [0.2, 0.25) is 0 Å². The van der Waals surface area contributed by atoms with Crippen LogP contribution in [-0.4, -0.2) is 37.2 Å². The highest BCUT2D eigenvalue weighted by Gasteiger charge is 2.30. The van der Waals surface area contributed by atoms with Gasteiger partial charge in [-0.05, 0) is 30.3 Å². The van der Waals surface area contributed by atoms with E-state index in [0.29, 0.717) is 18.9 Å². The smallest absolute Gasteiger partial charge is 0.378 e. The Balaban J connectivity index is 1.68. The predicted octanol–water partition coefficient (Wildman–Crippen LogP) is 3.19. The van der Waals surface area contributed by atoms with Gasteiger partial charge in [0.15, 0.2) is 0 Å². The SMILES string of the molecule is O=C(Nc1ccc(N2CCOCC2)nc1)c1cccc(C(F)(F)F)c1. The maximum absolute atomic E-state index is 12.7. The number of benzene rings is 1. The van der Waals surface area contributed by atoms with E-state index in [0.717, 1.165) is 31.0 Å². The highest BCUT2D eigenvalue weighted by atomic mass is 19.4. The van der Waals surface area contributed by atoms with Crippen molar-refractivity contribution >= 4 is 17.4 Å². The molecule has 1 aromatic carbocycles. The van der Waals surface area contributed by atoms with Crippen LogP contribution < -0.4 is 10.2 Å².